The number of unbranched alkanes of at least 4 members (excludes halogenated alkanes) is 1. The molecule has 8 nitrogen and oxygen atoms in total. The van der Waals surface area contributed by atoms with Crippen LogP contribution in [-0.4, -0.2) is 34.7 Å². The fraction of sp³-hybridized carbons (Fsp3) is 0.500. The van der Waals surface area contributed by atoms with E-state index < -0.39 is 47.7 Å². The number of benzene rings is 1. The number of aliphatic hydroxyl groups is 1. The number of fused-ring (bicyclic) bond motifs is 1. The summed E-state index contributed by atoms with van der Waals surface area (Å²) in [4.78, 5) is -1.95. The molecule has 0 spiro atoms. The molecule has 1 aromatic rings. The summed E-state index contributed by atoms with van der Waals surface area (Å²) >= 11 is 0. The SMILES string of the molecule is NS(=O)(=O)c1cc2c(cc1C(F)(F)F)NC(CCCCO)NS2(=O)=O. The highest BCUT2D eigenvalue weighted by atomic mass is 32.2. The van der Waals surface area contributed by atoms with Crippen molar-refractivity contribution >= 4 is 25.7 Å². The highest BCUT2D eigenvalue weighted by molar-refractivity contribution is 7.90. The number of primary sulfonamides is 1. The molecule has 1 aromatic carbocycles. The summed E-state index contributed by atoms with van der Waals surface area (Å²) in [6, 6.07) is 0.819. The standard InChI is InChI=1S/C12H16F3N3O5S2/c13-12(14,15)7-5-8-10(6-9(7)24(16,20)21)25(22,23)18-11(17-8)3-1-2-4-19/h5-6,11,17-19H,1-4H2,(H2,16,20,21). The number of halogens is 3. The lowest BCUT2D eigenvalue weighted by atomic mass is 10.1. The van der Waals surface area contributed by atoms with E-state index in [2.05, 4.69) is 10.0 Å². The molecule has 0 saturated heterocycles. The molecule has 142 valence electrons. The Morgan fingerprint density at radius 3 is 2.40 bits per heavy atom. The van der Waals surface area contributed by atoms with E-state index in [1.54, 1.807) is 0 Å². The van der Waals surface area contributed by atoms with Crippen molar-refractivity contribution in [3.63, 3.8) is 0 Å². The molecule has 0 bridgehead atoms. The van der Waals surface area contributed by atoms with E-state index in [9.17, 15) is 30.0 Å². The van der Waals surface area contributed by atoms with Crippen molar-refractivity contribution in [3.8, 4) is 0 Å². The second kappa shape index (κ2) is 6.72. The molecule has 5 N–H and O–H groups in total. The number of anilines is 1. The van der Waals surface area contributed by atoms with E-state index in [1.807, 2.05) is 0 Å². The Labute approximate surface area is 142 Å². The highest BCUT2D eigenvalue weighted by Crippen LogP contribution is 2.39. The maximum Gasteiger partial charge on any atom is 0.417 e. The third-order valence-electron chi connectivity index (χ3n) is 3.51. The Morgan fingerprint density at radius 1 is 1.24 bits per heavy atom. The van der Waals surface area contributed by atoms with Gasteiger partial charge in [0.2, 0.25) is 20.0 Å². The van der Waals surface area contributed by atoms with Crippen LogP contribution in [-0.2, 0) is 26.2 Å². The summed E-state index contributed by atoms with van der Waals surface area (Å²) in [5.74, 6) is 0. The van der Waals surface area contributed by atoms with Crippen LogP contribution in [0, 0.1) is 0 Å². The number of sulfonamides is 2. The molecule has 1 atom stereocenters. The molecule has 0 aliphatic carbocycles. The van der Waals surface area contributed by atoms with Crippen LogP contribution >= 0.6 is 0 Å². The third-order valence-corrected chi connectivity index (χ3v) is 5.97. The molecular formula is C12H16F3N3O5S2. The first-order valence-corrected chi connectivity index (χ1v) is 10.1. The van der Waals surface area contributed by atoms with Crippen molar-refractivity contribution < 1.29 is 35.1 Å². The van der Waals surface area contributed by atoms with Gasteiger partial charge in [0.25, 0.3) is 0 Å². The Balaban J connectivity index is 2.56. The zero-order chi connectivity index (χ0) is 19.0. The summed E-state index contributed by atoms with van der Waals surface area (Å²) < 4.78 is 89.0. The van der Waals surface area contributed by atoms with E-state index in [4.69, 9.17) is 10.2 Å². The van der Waals surface area contributed by atoms with Gasteiger partial charge in [-0.05, 0) is 31.4 Å². The minimum Gasteiger partial charge on any atom is -0.396 e. The molecule has 1 heterocycles. The van der Waals surface area contributed by atoms with Gasteiger partial charge in [0, 0.05) is 6.61 Å². The Morgan fingerprint density at radius 2 is 1.88 bits per heavy atom. The molecule has 0 saturated carbocycles. The molecule has 1 unspecified atom stereocenters. The minimum absolute atomic E-state index is 0.105. The van der Waals surface area contributed by atoms with Crippen molar-refractivity contribution in [3.05, 3.63) is 17.7 Å². The largest absolute Gasteiger partial charge is 0.417 e. The summed E-state index contributed by atoms with van der Waals surface area (Å²) in [6.07, 6.45) is -4.89. The van der Waals surface area contributed by atoms with Gasteiger partial charge in [-0.15, -0.1) is 0 Å². The molecule has 1 aliphatic rings. The van der Waals surface area contributed by atoms with Gasteiger partial charge in [0.05, 0.1) is 22.3 Å². The second-order valence-corrected chi connectivity index (χ2v) is 8.64. The average molecular weight is 403 g/mol. The van der Waals surface area contributed by atoms with Gasteiger partial charge in [-0.3, -0.25) is 0 Å². The van der Waals surface area contributed by atoms with E-state index in [-0.39, 0.29) is 18.7 Å². The van der Waals surface area contributed by atoms with E-state index in [0.717, 1.165) is 0 Å². The Hall–Kier alpha value is -1.41. The van der Waals surface area contributed by atoms with Gasteiger partial charge in [-0.2, -0.15) is 17.9 Å². The lowest BCUT2D eigenvalue weighted by Gasteiger charge is -2.29. The number of nitrogens with two attached hydrogens (primary N) is 1. The minimum atomic E-state index is -5.04. The number of alkyl halides is 3. The topological polar surface area (TPSA) is 139 Å². The fourth-order valence-electron chi connectivity index (χ4n) is 2.41. The van der Waals surface area contributed by atoms with Crippen LogP contribution in [0.1, 0.15) is 24.8 Å². The van der Waals surface area contributed by atoms with Crippen LogP contribution in [0.4, 0.5) is 18.9 Å². The Kier molecular flexibility index (Phi) is 5.35. The number of hydrogen-bond acceptors (Lipinski definition) is 6. The van der Waals surface area contributed by atoms with Crippen LogP contribution in [0.2, 0.25) is 0 Å². The molecule has 2 rings (SSSR count). The molecule has 0 fully saturated rings. The Bertz CT molecular complexity index is 869. The quantitative estimate of drug-likeness (QED) is 0.530. The maximum absolute atomic E-state index is 13.1. The first kappa shape index (κ1) is 19.9. The second-order valence-electron chi connectivity index (χ2n) is 5.42. The number of hydrogen-bond donors (Lipinski definition) is 4. The molecule has 0 radical (unpaired) electrons. The number of rotatable bonds is 5. The van der Waals surface area contributed by atoms with Gasteiger partial charge >= 0.3 is 6.18 Å². The van der Waals surface area contributed by atoms with Gasteiger partial charge in [0.1, 0.15) is 4.90 Å². The number of nitrogens with one attached hydrogen (secondary N) is 2. The predicted octanol–water partition coefficient (Wildman–Crippen LogP) is 0.545. The lowest BCUT2D eigenvalue weighted by molar-refractivity contribution is -0.139. The maximum atomic E-state index is 13.1. The molecule has 25 heavy (non-hydrogen) atoms. The van der Waals surface area contributed by atoms with E-state index in [1.165, 1.54) is 0 Å². The zero-order valence-electron chi connectivity index (χ0n) is 12.7. The molecule has 13 heteroatoms. The van der Waals surface area contributed by atoms with Gasteiger partial charge in [-0.25, -0.2) is 22.0 Å². The third kappa shape index (κ3) is 4.41. The van der Waals surface area contributed by atoms with E-state index >= 15 is 0 Å². The smallest absolute Gasteiger partial charge is 0.396 e. The average Bonchev–Trinajstić information content (AvgIpc) is 2.43. The van der Waals surface area contributed by atoms with Crippen molar-refractivity contribution in [1.29, 1.82) is 0 Å². The molecule has 0 aromatic heterocycles. The number of aliphatic hydroxyl groups excluding tert-OH is 1. The van der Waals surface area contributed by atoms with Crippen LogP contribution < -0.4 is 15.2 Å². The van der Waals surface area contributed by atoms with E-state index in [0.29, 0.717) is 25.0 Å². The van der Waals surface area contributed by atoms with Crippen molar-refractivity contribution in [1.82, 2.24) is 4.72 Å². The summed E-state index contributed by atoms with van der Waals surface area (Å²) in [7, 11) is -9.03. The van der Waals surface area contributed by atoms with Gasteiger partial charge < -0.3 is 10.4 Å². The summed E-state index contributed by atoms with van der Waals surface area (Å²) in [5, 5.41) is 16.1. The van der Waals surface area contributed by atoms with Crippen molar-refractivity contribution in [2.45, 2.75) is 41.4 Å². The lowest BCUT2D eigenvalue weighted by Crippen LogP contribution is -2.45. The van der Waals surface area contributed by atoms with Crippen LogP contribution in [0.25, 0.3) is 0 Å². The van der Waals surface area contributed by atoms with Crippen molar-refractivity contribution in [2.75, 3.05) is 11.9 Å². The summed E-state index contributed by atoms with van der Waals surface area (Å²) in [6.45, 7) is -0.105. The normalized spacial score (nSPS) is 20.0. The first-order valence-electron chi connectivity index (χ1n) is 7.04. The molecular weight excluding hydrogens is 387 g/mol. The monoisotopic (exact) mass is 403 g/mol. The molecule has 1 aliphatic heterocycles. The fourth-order valence-corrected chi connectivity index (χ4v) is 4.61. The van der Waals surface area contributed by atoms with Crippen LogP contribution in [0.3, 0.4) is 0 Å². The predicted molar refractivity (Wildman–Crippen MR) is 81.5 cm³/mol. The van der Waals surface area contributed by atoms with Gasteiger partial charge in [-0.1, -0.05) is 0 Å². The molecule has 0 amide bonds. The zero-order valence-corrected chi connectivity index (χ0v) is 14.3. The first-order chi connectivity index (χ1) is 11.4. The van der Waals surface area contributed by atoms with Crippen LogP contribution in [0.15, 0.2) is 21.9 Å². The van der Waals surface area contributed by atoms with Crippen LogP contribution in [0.5, 0.6) is 0 Å². The van der Waals surface area contributed by atoms with Gasteiger partial charge in [0.15, 0.2) is 0 Å². The highest BCUT2D eigenvalue weighted by Gasteiger charge is 2.40. The van der Waals surface area contributed by atoms with Crippen molar-refractivity contribution in [2.24, 2.45) is 5.14 Å². The summed E-state index contributed by atoms with van der Waals surface area (Å²) in [5.41, 5.74) is -1.92.